The molecule has 0 spiro atoms. The summed E-state index contributed by atoms with van der Waals surface area (Å²) in [6.45, 7) is 6.32. The molecule has 0 aliphatic carbocycles. The van der Waals surface area contributed by atoms with Crippen LogP contribution in [0.15, 0.2) is 54.6 Å². The molecule has 0 saturated carbocycles. The van der Waals surface area contributed by atoms with E-state index in [-0.39, 0.29) is 23.8 Å². The Morgan fingerprint density at radius 2 is 1.73 bits per heavy atom. The van der Waals surface area contributed by atoms with Crippen LogP contribution in [0, 0.1) is 5.92 Å². The number of benzene rings is 2. The third-order valence-electron chi connectivity index (χ3n) is 6.64. The highest BCUT2D eigenvalue weighted by Gasteiger charge is 2.32. The molecule has 0 aromatic heterocycles. The van der Waals surface area contributed by atoms with Gasteiger partial charge in [-0.15, -0.1) is 0 Å². The van der Waals surface area contributed by atoms with Crippen LogP contribution in [-0.2, 0) is 20.9 Å². The minimum Gasteiger partial charge on any atom is -0.496 e. The number of esters is 1. The van der Waals surface area contributed by atoms with E-state index in [9.17, 15) is 9.59 Å². The van der Waals surface area contributed by atoms with E-state index in [0.717, 1.165) is 37.2 Å². The zero-order valence-corrected chi connectivity index (χ0v) is 20.0. The molecule has 0 bridgehead atoms. The van der Waals surface area contributed by atoms with E-state index in [1.807, 2.05) is 56.3 Å². The van der Waals surface area contributed by atoms with E-state index >= 15 is 0 Å². The largest absolute Gasteiger partial charge is 0.496 e. The number of ether oxygens (including phenoxy) is 2. The Hall–Kier alpha value is -2.86. The first-order valence-corrected chi connectivity index (χ1v) is 11.9. The molecule has 6 heteroatoms. The van der Waals surface area contributed by atoms with Gasteiger partial charge >= 0.3 is 5.97 Å². The van der Waals surface area contributed by atoms with Crippen LogP contribution in [0.25, 0.3) is 0 Å². The van der Waals surface area contributed by atoms with E-state index in [0.29, 0.717) is 25.5 Å². The number of nitrogens with zero attached hydrogens (tertiary/aromatic N) is 1. The number of hydrogen-bond donors (Lipinski definition) is 1. The van der Waals surface area contributed by atoms with Crippen molar-refractivity contribution < 1.29 is 19.1 Å². The van der Waals surface area contributed by atoms with Crippen LogP contribution >= 0.6 is 0 Å². The predicted molar refractivity (Wildman–Crippen MR) is 129 cm³/mol. The van der Waals surface area contributed by atoms with Crippen LogP contribution in [-0.4, -0.2) is 49.6 Å². The summed E-state index contributed by atoms with van der Waals surface area (Å²) in [6.07, 6.45) is 2.30. The lowest BCUT2D eigenvalue weighted by Gasteiger charge is -2.38. The maximum Gasteiger partial charge on any atom is 0.306 e. The van der Waals surface area contributed by atoms with E-state index in [4.69, 9.17) is 9.47 Å². The fourth-order valence-corrected chi connectivity index (χ4v) is 4.71. The molecule has 1 heterocycles. The van der Waals surface area contributed by atoms with Crippen LogP contribution in [0.4, 0.5) is 0 Å². The Morgan fingerprint density at radius 3 is 2.39 bits per heavy atom. The zero-order valence-electron chi connectivity index (χ0n) is 20.0. The standard InChI is InChI=1S/C27H36N2O4/c1-4-33-26(30)18-24(21-10-6-5-7-11-21)22-14-16-29(17-15-22)20(2)27(31)28-19-23-12-8-9-13-25(23)32-3/h5-13,20,22,24H,4,14-19H2,1-3H3,(H,28,31)/t20-,24-/m0/s1. The van der Waals surface area contributed by atoms with Crippen molar-refractivity contribution in [2.24, 2.45) is 5.92 Å². The first-order chi connectivity index (χ1) is 16.0. The molecule has 1 N–H and O–H groups in total. The molecule has 3 rings (SSSR count). The highest BCUT2D eigenvalue weighted by atomic mass is 16.5. The Balaban J connectivity index is 1.56. The molecule has 1 fully saturated rings. The van der Waals surface area contributed by atoms with Crippen LogP contribution < -0.4 is 10.1 Å². The van der Waals surface area contributed by atoms with Crippen molar-refractivity contribution in [2.75, 3.05) is 26.8 Å². The fourth-order valence-electron chi connectivity index (χ4n) is 4.71. The number of carbonyl (C=O) groups excluding carboxylic acids is 2. The van der Waals surface area contributed by atoms with Crippen molar-refractivity contribution in [1.82, 2.24) is 10.2 Å². The summed E-state index contributed by atoms with van der Waals surface area (Å²) in [5, 5.41) is 3.05. The summed E-state index contributed by atoms with van der Waals surface area (Å²) in [4.78, 5) is 27.3. The minimum atomic E-state index is -0.208. The number of piperidine rings is 1. The molecule has 1 aliphatic rings. The highest BCUT2D eigenvalue weighted by molar-refractivity contribution is 5.81. The third kappa shape index (κ3) is 6.81. The molecule has 2 aromatic carbocycles. The van der Waals surface area contributed by atoms with Gasteiger partial charge in [0, 0.05) is 12.1 Å². The molecule has 6 nitrogen and oxygen atoms in total. The maximum atomic E-state index is 12.8. The monoisotopic (exact) mass is 452 g/mol. The van der Waals surface area contributed by atoms with Crippen molar-refractivity contribution in [3.63, 3.8) is 0 Å². The van der Waals surface area contributed by atoms with Crippen LogP contribution in [0.3, 0.4) is 0 Å². The van der Waals surface area contributed by atoms with Crippen molar-refractivity contribution in [1.29, 1.82) is 0 Å². The van der Waals surface area contributed by atoms with Gasteiger partial charge in [-0.2, -0.15) is 0 Å². The lowest BCUT2D eigenvalue weighted by molar-refractivity contribution is -0.144. The van der Waals surface area contributed by atoms with Gasteiger partial charge in [-0.05, 0) is 63.2 Å². The van der Waals surface area contributed by atoms with Gasteiger partial charge in [-0.1, -0.05) is 48.5 Å². The minimum absolute atomic E-state index is 0.0190. The first-order valence-electron chi connectivity index (χ1n) is 11.9. The molecular formula is C27H36N2O4. The second-order valence-electron chi connectivity index (χ2n) is 8.61. The molecular weight excluding hydrogens is 416 g/mol. The van der Waals surface area contributed by atoms with Gasteiger partial charge in [0.15, 0.2) is 0 Å². The Morgan fingerprint density at radius 1 is 1.06 bits per heavy atom. The smallest absolute Gasteiger partial charge is 0.306 e. The first kappa shape index (κ1) is 24.8. The van der Waals surface area contributed by atoms with E-state index in [1.165, 1.54) is 5.56 Å². The van der Waals surface area contributed by atoms with Gasteiger partial charge in [-0.3, -0.25) is 14.5 Å². The summed E-state index contributed by atoms with van der Waals surface area (Å²) in [6, 6.07) is 17.8. The Bertz CT molecular complexity index is 894. The summed E-state index contributed by atoms with van der Waals surface area (Å²) in [5.74, 6) is 1.18. The van der Waals surface area contributed by atoms with Crippen LogP contribution in [0.5, 0.6) is 5.75 Å². The van der Waals surface area contributed by atoms with Crippen LogP contribution in [0.1, 0.15) is 50.2 Å². The molecule has 2 atom stereocenters. The number of rotatable bonds is 10. The molecule has 1 amide bonds. The lowest BCUT2D eigenvalue weighted by atomic mass is 9.78. The second-order valence-corrected chi connectivity index (χ2v) is 8.61. The quantitative estimate of drug-likeness (QED) is 0.549. The predicted octanol–water partition coefficient (Wildman–Crippen LogP) is 4.15. The van der Waals surface area contributed by atoms with E-state index in [2.05, 4.69) is 22.3 Å². The number of methoxy groups -OCH3 is 1. The lowest BCUT2D eigenvalue weighted by Crippen LogP contribution is -2.48. The maximum absolute atomic E-state index is 12.8. The van der Waals surface area contributed by atoms with Crippen LogP contribution in [0.2, 0.25) is 0 Å². The van der Waals surface area contributed by atoms with Gasteiger partial charge in [-0.25, -0.2) is 0 Å². The summed E-state index contributed by atoms with van der Waals surface area (Å²) in [5.41, 5.74) is 2.15. The molecule has 1 saturated heterocycles. The van der Waals surface area contributed by atoms with E-state index < -0.39 is 0 Å². The molecule has 0 unspecified atom stereocenters. The van der Waals surface area contributed by atoms with Gasteiger partial charge in [0.1, 0.15) is 5.75 Å². The molecule has 0 radical (unpaired) electrons. The van der Waals surface area contributed by atoms with Gasteiger partial charge in [0.25, 0.3) is 0 Å². The van der Waals surface area contributed by atoms with E-state index in [1.54, 1.807) is 7.11 Å². The van der Waals surface area contributed by atoms with Crippen molar-refractivity contribution >= 4 is 11.9 Å². The van der Waals surface area contributed by atoms with Gasteiger partial charge in [0.2, 0.25) is 5.91 Å². The van der Waals surface area contributed by atoms with Crippen molar-refractivity contribution in [3.05, 3.63) is 65.7 Å². The summed E-state index contributed by atoms with van der Waals surface area (Å²) < 4.78 is 10.6. The summed E-state index contributed by atoms with van der Waals surface area (Å²) >= 11 is 0. The number of hydrogen-bond acceptors (Lipinski definition) is 5. The SMILES string of the molecule is CCOC(=O)C[C@@H](c1ccccc1)C1CCN([C@@H](C)C(=O)NCc2ccccc2OC)CC1. The molecule has 1 aliphatic heterocycles. The average Bonchev–Trinajstić information content (AvgIpc) is 2.86. The average molecular weight is 453 g/mol. The van der Waals surface area contributed by atoms with Gasteiger partial charge < -0.3 is 14.8 Å². The topological polar surface area (TPSA) is 67.9 Å². The van der Waals surface area contributed by atoms with Gasteiger partial charge in [0.05, 0.1) is 26.2 Å². The number of likely N-dealkylation sites (tertiary alicyclic amines) is 1. The number of carbonyl (C=O) groups is 2. The third-order valence-corrected chi connectivity index (χ3v) is 6.64. The number of para-hydroxylation sites is 1. The molecule has 2 aromatic rings. The highest BCUT2D eigenvalue weighted by Crippen LogP contribution is 2.36. The number of amides is 1. The normalized spacial score (nSPS) is 16.6. The second kappa shape index (κ2) is 12.4. The number of nitrogens with one attached hydrogen (secondary N) is 1. The van der Waals surface area contributed by atoms with Crippen molar-refractivity contribution in [3.8, 4) is 5.75 Å². The summed E-state index contributed by atoms with van der Waals surface area (Å²) in [7, 11) is 1.64. The molecule has 178 valence electrons. The Kier molecular flexibility index (Phi) is 9.31. The Labute approximate surface area is 197 Å². The molecule has 33 heavy (non-hydrogen) atoms. The zero-order chi connectivity index (χ0) is 23.6. The fraction of sp³-hybridized carbons (Fsp3) is 0.481. The van der Waals surface area contributed by atoms with Crippen molar-refractivity contribution in [2.45, 2.75) is 51.6 Å².